The van der Waals surface area contributed by atoms with Crippen molar-refractivity contribution >= 4 is 29.0 Å². The average Bonchev–Trinajstić information content (AvgIpc) is 2.45. The van der Waals surface area contributed by atoms with Crippen molar-refractivity contribution in [3.05, 3.63) is 33.9 Å². The van der Waals surface area contributed by atoms with Gasteiger partial charge in [-0.3, -0.25) is 14.9 Å². The van der Waals surface area contributed by atoms with Gasteiger partial charge in [0.25, 0.3) is 5.69 Å². The fourth-order valence-electron chi connectivity index (χ4n) is 1.83. The lowest BCUT2D eigenvalue weighted by atomic mass is 10.1. The van der Waals surface area contributed by atoms with E-state index >= 15 is 0 Å². The van der Waals surface area contributed by atoms with Gasteiger partial charge in [-0.1, -0.05) is 13.0 Å². The van der Waals surface area contributed by atoms with Crippen LogP contribution in [0.1, 0.15) is 18.9 Å². The second-order valence-corrected chi connectivity index (χ2v) is 5.97. The van der Waals surface area contributed by atoms with Crippen molar-refractivity contribution in [3.63, 3.8) is 0 Å². The number of likely N-dealkylation sites (N-methyl/N-ethyl adjacent to an activating group) is 1. The normalized spacial score (nSPS) is 12.0. The average molecular weight is 311 g/mol. The molecule has 0 saturated heterocycles. The summed E-state index contributed by atoms with van der Waals surface area (Å²) in [6, 6.07) is 4.15. The largest absolute Gasteiger partial charge is 0.324 e. The Labute approximate surface area is 128 Å². The summed E-state index contributed by atoms with van der Waals surface area (Å²) in [6.07, 6.45) is 0.717. The van der Waals surface area contributed by atoms with Crippen molar-refractivity contribution in [3.8, 4) is 0 Å². The first kappa shape index (κ1) is 17.5. The molecule has 21 heavy (non-hydrogen) atoms. The minimum Gasteiger partial charge on any atom is -0.324 e. The highest BCUT2D eigenvalue weighted by molar-refractivity contribution is 7.99. The number of amides is 1. The number of nitrogens with zero attached hydrogens (tertiary/aromatic N) is 1. The van der Waals surface area contributed by atoms with E-state index in [1.165, 1.54) is 12.1 Å². The number of non-ortho nitro benzene ring substituents is 1. The number of carbonyl (C=O) groups excluding carboxylic acids is 1. The van der Waals surface area contributed by atoms with E-state index in [0.29, 0.717) is 5.69 Å². The summed E-state index contributed by atoms with van der Waals surface area (Å²) in [7, 11) is 1.74. The third-order valence-corrected chi connectivity index (χ3v) is 4.04. The lowest BCUT2D eigenvalue weighted by Crippen LogP contribution is -2.39. The molecule has 0 saturated carbocycles. The van der Waals surface area contributed by atoms with Gasteiger partial charge in [-0.25, -0.2) is 0 Å². The number of thioether (sulfide) groups is 1. The third kappa shape index (κ3) is 5.35. The van der Waals surface area contributed by atoms with Gasteiger partial charge >= 0.3 is 0 Å². The number of hydrogen-bond donors (Lipinski definition) is 2. The Hall–Kier alpha value is -1.60. The van der Waals surface area contributed by atoms with Crippen LogP contribution in [0.15, 0.2) is 18.2 Å². The molecule has 1 aromatic rings. The molecule has 0 unspecified atom stereocenters. The van der Waals surface area contributed by atoms with E-state index in [0.717, 1.165) is 23.5 Å². The lowest BCUT2D eigenvalue weighted by Gasteiger charge is -2.16. The molecule has 0 aliphatic heterocycles. The molecule has 1 amide bonds. The predicted molar refractivity (Wildman–Crippen MR) is 86.9 cm³/mol. The SMILES string of the molecule is CCSCC[C@H](NC)C(=O)Nc1cc([N+](=O)[O-])ccc1C. The maximum Gasteiger partial charge on any atom is 0.271 e. The van der Waals surface area contributed by atoms with Crippen LogP contribution in [-0.4, -0.2) is 35.4 Å². The molecule has 0 spiro atoms. The molecule has 1 rings (SSSR count). The quantitative estimate of drug-likeness (QED) is 0.438. The minimum atomic E-state index is -0.470. The van der Waals surface area contributed by atoms with Crippen LogP contribution in [0.4, 0.5) is 11.4 Å². The van der Waals surface area contributed by atoms with Crippen LogP contribution in [0, 0.1) is 17.0 Å². The van der Waals surface area contributed by atoms with Crippen molar-refractivity contribution < 1.29 is 9.72 Å². The van der Waals surface area contributed by atoms with E-state index in [1.807, 2.05) is 0 Å². The Bertz CT molecular complexity index is 508. The number of nitro benzene ring substituents is 1. The summed E-state index contributed by atoms with van der Waals surface area (Å²) in [5.74, 6) is 1.74. The number of aryl methyl sites for hydroxylation is 1. The molecule has 0 heterocycles. The molecule has 6 nitrogen and oxygen atoms in total. The second-order valence-electron chi connectivity index (χ2n) is 4.57. The summed E-state index contributed by atoms with van der Waals surface area (Å²) in [4.78, 5) is 22.5. The molecule has 0 fully saturated rings. The zero-order valence-corrected chi connectivity index (χ0v) is 13.3. The molecular weight excluding hydrogens is 290 g/mol. The van der Waals surface area contributed by atoms with Gasteiger partial charge in [0.05, 0.1) is 16.7 Å². The first-order valence-corrected chi connectivity index (χ1v) is 7.96. The van der Waals surface area contributed by atoms with E-state index in [1.54, 1.807) is 31.8 Å². The van der Waals surface area contributed by atoms with Crippen LogP contribution in [0.3, 0.4) is 0 Å². The Morgan fingerprint density at radius 1 is 1.48 bits per heavy atom. The third-order valence-electron chi connectivity index (χ3n) is 3.11. The standard InChI is InChI=1S/C14H21N3O3S/c1-4-21-8-7-12(15-3)14(18)16-13-9-11(17(19)20)6-5-10(13)2/h5-6,9,12,15H,4,7-8H2,1-3H3,(H,16,18)/t12-/m0/s1. The van der Waals surface area contributed by atoms with Crippen LogP contribution in [0.5, 0.6) is 0 Å². The van der Waals surface area contributed by atoms with E-state index in [2.05, 4.69) is 17.6 Å². The number of rotatable bonds is 8. The van der Waals surface area contributed by atoms with Crippen molar-refractivity contribution in [2.24, 2.45) is 0 Å². The van der Waals surface area contributed by atoms with Gasteiger partial charge < -0.3 is 10.6 Å². The first-order valence-electron chi connectivity index (χ1n) is 6.80. The Balaban J connectivity index is 2.76. The molecule has 0 aliphatic rings. The van der Waals surface area contributed by atoms with Crippen molar-refractivity contribution in [1.29, 1.82) is 0 Å². The molecule has 0 radical (unpaired) electrons. The highest BCUT2D eigenvalue weighted by Gasteiger charge is 2.18. The molecular formula is C14H21N3O3S. The van der Waals surface area contributed by atoms with Crippen LogP contribution < -0.4 is 10.6 Å². The van der Waals surface area contributed by atoms with Crippen LogP contribution >= 0.6 is 11.8 Å². The highest BCUT2D eigenvalue weighted by Crippen LogP contribution is 2.22. The van der Waals surface area contributed by atoms with Gasteiger partial charge in [0.2, 0.25) is 5.91 Å². The maximum atomic E-state index is 12.2. The lowest BCUT2D eigenvalue weighted by molar-refractivity contribution is -0.384. The molecule has 0 aliphatic carbocycles. The minimum absolute atomic E-state index is 0.0292. The fourth-order valence-corrected chi connectivity index (χ4v) is 2.52. The predicted octanol–water partition coefficient (Wildman–Crippen LogP) is 2.57. The van der Waals surface area contributed by atoms with E-state index in [4.69, 9.17) is 0 Å². The zero-order chi connectivity index (χ0) is 15.8. The second kappa shape index (κ2) is 8.63. The van der Waals surface area contributed by atoms with E-state index < -0.39 is 4.92 Å². The van der Waals surface area contributed by atoms with E-state index in [9.17, 15) is 14.9 Å². The zero-order valence-electron chi connectivity index (χ0n) is 12.5. The Kier molecular flexibility index (Phi) is 7.18. The number of anilines is 1. The number of nitrogens with one attached hydrogen (secondary N) is 2. The number of hydrogen-bond acceptors (Lipinski definition) is 5. The molecule has 7 heteroatoms. The molecule has 116 valence electrons. The summed E-state index contributed by atoms with van der Waals surface area (Å²) in [5, 5.41) is 16.5. The molecule has 1 atom stereocenters. The van der Waals surface area contributed by atoms with Gasteiger partial charge in [-0.05, 0) is 37.5 Å². The van der Waals surface area contributed by atoms with Gasteiger partial charge in [0.15, 0.2) is 0 Å². The monoisotopic (exact) mass is 311 g/mol. The molecule has 0 aromatic heterocycles. The fraction of sp³-hybridized carbons (Fsp3) is 0.500. The van der Waals surface area contributed by atoms with Gasteiger partial charge in [0, 0.05) is 12.1 Å². The molecule has 1 aromatic carbocycles. The van der Waals surface area contributed by atoms with Crippen molar-refractivity contribution in [2.75, 3.05) is 23.9 Å². The number of carbonyl (C=O) groups is 1. The Morgan fingerprint density at radius 3 is 2.76 bits per heavy atom. The van der Waals surface area contributed by atoms with Crippen molar-refractivity contribution in [2.45, 2.75) is 26.3 Å². The number of nitro groups is 1. The summed E-state index contributed by atoms with van der Waals surface area (Å²) in [6.45, 7) is 3.88. The van der Waals surface area contributed by atoms with Gasteiger partial charge in [0.1, 0.15) is 0 Å². The first-order chi connectivity index (χ1) is 9.99. The number of benzene rings is 1. The van der Waals surface area contributed by atoms with Crippen molar-refractivity contribution in [1.82, 2.24) is 5.32 Å². The summed E-state index contributed by atoms with van der Waals surface area (Å²) < 4.78 is 0. The topological polar surface area (TPSA) is 84.3 Å². The summed E-state index contributed by atoms with van der Waals surface area (Å²) >= 11 is 1.78. The summed E-state index contributed by atoms with van der Waals surface area (Å²) in [5.41, 5.74) is 1.25. The van der Waals surface area contributed by atoms with Gasteiger partial charge in [-0.15, -0.1) is 0 Å². The van der Waals surface area contributed by atoms with Crippen LogP contribution in [-0.2, 0) is 4.79 Å². The highest BCUT2D eigenvalue weighted by atomic mass is 32.2. The molecule has 0 bridgehead atoms. The smallest absolute Gasteiger partial charge is 0.271 e. The van der Waals surface area contributed by atoms with Gasteiger partial charge in [-0.2, -0.15) is 11.8 Å². The maximum absolute atomic E-state index is 12.2. The van der Waals surface area contributed by atoms with Crippen LogP contribution in [0.25, 0.3) is 0 Å². The Morgan fingerprint density at radius 2 is 2.19 bits per heavy atom. The van der Waals surface area contributed by atoms with E-state index in [-0.39, 0.29) is 17.6 Å². The van der Waals surface area contributed by atoms with Crippen LogP contribution in [0.2, 0.25) is 0 Å². The molecule has 2 N–H and O–H groups in total.